The van der Waals surface area contributed by atoms with E-state index < -0.39 is 0 Å². The number of pyridine rings is 1. The van der Waals surface area contributed by atoms with Gasteiger partial charge in [0.25, 0.3) is 5.91 Å². The van der Waals surface area contributed by atoms with Crippen LogP contribution in [0.5, 0.6) is 0 Å². The molecule has 1 aromatic carbocycles. The molecule has 8 heteroatoms. The van der Waals surface area contributed by atoms with E-state index in [2.05, 4.69) is 32.0 Å². The van der Waals surface area contributed by atoms with Crippen LogP contribution in [-0.2, 0) is 0 Å². The van der Waals surface area contributed by atoms with Gasteiger partial charge < -0.3 is 11.1 Å². The van der Waals surface area contributed by atoms with Crippen LogP contribution in [0.25, 0.3) is 16.9 Å². The fourth-order valence-corrected chi connectivity index (χ4v) is 4.36. The van der Waals surface area contributed by atoms with Gasteiger partial charge in [-0.05, 0) is 50.2 Å². The van der Waals surface area contributed by atoms with Crippen molar-refractivity contribution < 1.29 is 4.79 Å². The number of fused-ring (bicyclic) bond motifs is 1. The predicted molar refractivity (Wildman–Crippen MR) is 132 cm³/mol. The molecule has 4 aromatic rings. The highest BCUT2D eigenvalue weighted by atomic mass is 16.1. The van der Waals surface area contributed by atoms with Crippen LogP contribution < -0.4 is 11.1 Å². The molecule has 3 N–H and O–H groups in total. The third kappa shape index (κ3) is 4.21. The molecule has 1 aliphatic heterocycles. The Balaban J connectivity index is 1.44. The topological polar surface area (TPSA) is 101 Å². The molecule has 0 saturated carbocycles. The molecule has 170 valence electrons. The van der Waals surface area contributed by atoms with Crippen LogP contribution >= 0.6 is 0 Å². The Kier molecular flexibility index (Phi) is 5.93. The molecule has 0 bridgehead atoms. The van der Waals surface area contributed by atoms with Gasteiger partial charge in [0.1, 0.15) is 11.6 Å². The molecule has 1 saturated heterocycles. The molecule has 5 rings (SSSR count). The third-order valence-electron chi connectivity index (χ3n) is 6.06. The van der Waals surface area contributed by atoms with Crippen molar-refractivity contribution in [2.75, 3.05) is 30.7 Å². The van der Waals surface area contributed by atoms with E-state index in [4.69, 9.17) is 10.7 Å². The van der Waals surface area contributed by atoms with E-state index in [-0.39, 0.29) is 5.91 Å². The van der Waals surface area contributed by atoms with Crippen molar-refractivity contribution in [1.82, 2.24) is 24.3 Å². The van der Waals surface area contributed by atoms with Gasteiger partial charge in [-0.25, -0.2) is 15.0 Å². The monoisotopic (exact) mass is 451 g/mol. The molecule has 8 nitrogen and oxygen atoms in total. The Hall–Kier alpha value is -4.22. The van der Waals surface area contributed by atoms with Gasteiger partial charge in [-0.2, -0.15) is 0 Å². The number of amides is 1. The number of hydrogen-bond donors (Lipinski definition) is 2. The van der Waals surface area contributed by atoms with Crippen molar-refractivity contribution >= 4 is 23.2 Å². The minimum atomic E-state index is -0.221. The lowest BCUT2D eigenvalue weighted by atomic mass is 10.0. The number of nitrogen functional groups attached to an aromatic ring is 1. The minimum absolute atomic E-state index is 0.221. The number of rotatable bonds is 5. The first-order chi connectivity index (χ1) is 16.6. The van der Waals surface area contributed by atoms with Crippen molar-refractivity contribution in [3.8, 4) is 23.2 Å². The molecule has 1 atom stereocenters. The molecular weight excluding hydrogens is 426 g/mol. The molecule has 4 heterocycles. The molecule has 0 unspecified atom stereocenters. The summed E-state index contributed by atoms with van der Waals surface area (Å²) >= 11 is 0. The van der Waals surface area contributed by atoms with Crippen molar-refractivity contribution in [3.63, 3.8) is 0 Å². The van der Waals surface area contributed by atoms with Gasteiger partial charge in [-0.1, -0.05) is 24.1 Å². The zero-order chi connectivity index (χ0) is 23.5. The van der Waals surface area contributed by atoms with E-state index in [9.17, 15) is 4.79 Å². The van der Waals surface area contributed by atoms with E-state index in [1.165, 1.54) is 0 Å². The summed E-state index contributed by atoms with van der Waals surface area (Å²) in [4.78, 5) is 28.4. The maximum atomic E-state index is 12.6. The van der Waals surface area contributed by atoms with Crippen LogP contribution in [0.1, 0.15) is 35.3 Å². The van der Waals surface area contributed by atoms with E-state index >= 15 is 0 Å². The second-order valence-corrected chi connectivity index (χ2v) is 8.24. The Labute approximate surface area is 197 Å². The average Bonchev–Trinajstić information content (AvgIpc) is 3.49. The van der Waals surface area contributed by atoms with Crippen molar-refractivity contribution in [3.05, 3.63) is 72.2 Å². The summed E-state index contributed by atoms with van der Waals surface area (Å²) in [6.45, 7) is 4.55. The van der Waals surface area contributed by atoms with Crippen LogP contribution in [0.3, 0.4) is 0 Å². The molecule has 3 aromatic heterocycles. The van der Waals surface area contributed by atoms with Gasteiger partial charge in [0, 0.05) is 36.0 Å². The smallest absolute Gasteiger partial charge is 0.256 e. The summed E-state index contributed by atoms with van der Waals surface area (Å²) in [5, 5.41) is 2.80. The zero-order valence-corrected chi connectivity index (χ0v) is 18.9. The molecule has 1 fully saturated rings. The lowest BCUT2D eigenvalue weighted by Gasteiger charge is -2.11. The number of nitrogens with two attached hydrogens (primary N) is 1. The second kappa shape index (κ2) is 9.33. The van der Waals surface area contributed by atoms with E-state index in [1.807, 2.05) is 35.6 Å². The van der Waals surface area contributed by atoms with Gasteiger partial charge >= 0.3 is 0 Å². The number of carbonyl (C=O) groups is 1. The fourth-order valence-electron chi connectivity index (χ4n) is 4.36. The number of nitrogens with one attached hydrogen (secondary N) is 1. The van der Waals surface area contributed by atoms with E-state index in [0.717, 1.165) is 48.7 Å². The highest BCUT2D eigenvalue weighted by Gasteiger charge is 2.28. The van der Waals surface area contributed by atoms with Crippen molar-refractivity contribution in [2.24, 2.45) is 0 Å². The standard InChI is InChI=1S/C26H25N7O/c1-2-3-15-32-16-12-20(17-32)23-21-11-14-29-26(27)33(21)24(31-23)18-7-9-19(10-8-18)25(34)30-22-6-4-5-13-28-22/h4-11,13-14,20H,12,15-17H2,1H3,(H2,27,29)(H,28,30,34)/t20-/m0/s1. The van der Waals surface area contributed by atoms with Crippen LogP contribution in [0, 0.1) is 11.8 Å². The largest absolute Gasteiger partial charge is 0.369 e. The Bertz CT molecular complexity index is 1380. The van der Waals surface area contributed by atoms with E-state index in [1.54, 1.807) is 36.7 Å². The van der Waals surface area contributed by atoms with Crippen LogP contribution in [0.4, 0.5) is 11.8 Å². The maximum Gasteiger partial charge on any atom is 0.256 e. The average molecular weight is 452 g/mol. The highest BCUT2D eigenvalue weighted by molar-refractivity contribution is 6.04. The van der Waals surface area contributed by atoms with Gasteiger partial charge in [0.15, 0.2) is 0 Å². The molecule has 0 spiro atoms. The Morgan fingerprint density at radius 2 is 2.00 bits per heavy atom. The summed E-state index contributed by atoms with van der Waals surface area (Å²) in [6.07, 6.45) is 4.38. The predicted octanol–water partition coefficient (Wildman–Crippen LogP) is 3.44. The maximum absolute atomic E-state index is 12.6. The summed E-state index contributed by atoms with van der Waals surface area (Å²) in [6, 6.07) is 14.7. The number of hydrogen-bond acceptors (Lipinski definition) is 6. The number of carbonyl (C=O) groups excluding carboxylic acids is 1. The second-order valence-electron chi connectivity index (χ2n) is 8.24. The number of nitrogens with zero attached hydrogens (tertiary/aromatic N) is 5. The van der Waals surface area contributed by atoms with E-state index in [0.29, 0.717) is 23.2 Å². The van der Waals surface area contributed by atoms with Crippen molar-refractivity contribution in [1.29, 1.82) is 0 Å². The first-order valence-electron chi connectivity index (χ1n) is 11.2. The summed E-state index contributed by atoms with van der Waals surface area (Å²) in [5.74, 6) is 7.81. The number of benzene rings is 1. The SMILES string of the molecule is CC#CCN1CC[C@H](c2nc(-c3ccc(C(=O)Nc4ccccn4)cc3)n3c(N)nccc23)C1. The molecule has 1 amide bonds. The number of aromatic nitrogens is 4. The summed E-state index contributed by atoms with van der Waals surface area (Å²) in [5.41, 5.74) is 9.66. The first-order valence-corrected chi connectivity index (χ1v) is 11.2. The minimum Gasteiger partial charge on any atom is -0.369 e. The van der Waals surface area contributed by atoms with Gasteiger partial charge in [0.2, 0.25) is 5.95 Å². The zero-order valence-electron chi connectivity index (χ0n) is 18.9. The summed E-state index contributed by atoms with van der Waals surface area (Å²) < 4.78 is 1.90. The van der Waals surface area contributed by atoms with Crippen molar-refractivity contribution in [2.45, 2.75) is 19.3 Å². The van der Waals surface area contributed by atoms with Gasteiger partial charge in [0.05, 0.1) is 17.8 Å². The number of imidazole rings is 1. The van der Waals surface area contributed by atoms with Gasteiger partial charge in [-0.15, -0.1) is 5.92 Å². The quantitative estimate of drug-likeness (QED) is 0.451. The molecule has 0 radical (unpaired) electrons. The van der Waals surface area contributed by atoms with Crippen LogP contribution in [-0.4, -0.2) is 49.8 Å². The third-order valence-corrected chi connectivity index (χ3v) is 6.06. The lowest BCUT2D eigenvalue weighted by Crippen LogP contribution is -2.20. The summed E-state index contributed by atoms with van der Waals surface area (Å²) in [7, 11) is 0. The van der Waals surface area contributed by atoms with Gasteiger partial charge in [-0.3, -0.25) is 14.1 Å². The Morgan fingerprint density at radius 3 is 2.76 bits per heavy atom. The molecule has 0 aliphatic carbocycles. The van der Waals surface area contributed by atoms with Crippen LogP contribution in [0.2, 0.25) is 0 Å². The first kappa shape index (κ1) is 21.6. The molecular formula is C26H25N7O. The molecule has 1 aliphatic rings. The Morgan fingerprint density at radius 1 is 1.15 bits per heavy atom. The lowest BCUT2D eigenvalue weighted by molar-refractivity contribution is 0.102. The number of anilines is 2. The fraction of sp³-hybridized carbons (Fsp3) is 0.231. The normalized spacial score (nSPS) is 15.7. The van der Waals surface area contributed by atoms with Crippen LogP contribution in [0.15, 0.2) is 60.9 Å². The number of likely N-dealkylation sites (tertiary alicyclic amines) is 1. The highest BCUT2D eigenvalue weighted by Crippen LogP contribution is 2.33. The molecule has 34 heavy (non-hydrogen) atoms.